The zero-order chi connectivity index (χ0) is 24.5. The van der Waals surface area contributed by atoms with Gasteiger partial charge < -0.3 is 19.2 Å². The van der Waals surface area contributed by atoms with Crippen LogP contribution in [0.4, 0.5) is 0 Å². The van der Waals surface area contributed by atoms with E-state index in [4.69, 9.17) is 9.40 Å². The quantitative estimate of drug-likeness (QED) is 0.464. The topological polar surface area (TPSA) is 95.3 Å². The summed E-state index contributed by atoms with van der Waals surface area (Å²) in [5, 5.41) is 0. The van der Waals surface area contributed by atoms with Crippen LogP contribution in [0.5, 0.6) is 0 Å². The van der Waals surface area contributed by atoms with E-state index in [-0.39, 0.29) is 17.7 Å². The fourth-order valence-electron chi connectivity index (χ4n) is 4.79. The number of likely N-dealkylation sites (tertiary alicyclic amines) is 1. The zero-order valence-electron chi connectivity index (χ0n) is 20.2. The smallest absolute Gasteiger partial charge is 0.255 e. The van der Waals surface area contributed by atoms with Crippen molar-refractivity contribution in [2.24, 2.45) is 0 Å². The minimum Gasteiger partial charge on any atom is -0.467 e. The van der Waals surface area contributed by atoms with Crippen LogP contribution in [0.15, 0.2) is 53.1 Å². The van der Waals surface area contributed by atoms with Crippen LogP contribution in [0, 0.1) is 13.8 Å². The Bertz CT molecular complexity index is 1370. The molecule has 4 heterocycles. The number of aromatic nitrogens is 3. The monoisotopic (exact) mass is 471 g/mol. The number of fused-ring (bicyclic) bond motifs is 1. The summed E-state index contributed by atoms with van der Waals surface area (Å²) in [6.07, 6.45) is 3.13. The third-order valence-corrected chi connectivity index (χ3v) is 6.63. The molecule has 1 saturated heterocycles. The number of imidazole rings is 1. The van der Waals surface area contributed by atoms with Gasteiger partial charge in [0.15, 0.2) is 0 Å². The van der Waals surface area contributed by atoms with Crippen molar-refractivity contribution in [2.45, 2.75) is 39.2 Å². The maximum Gasteiger partial charge on any atom is 0.255 e. The van der Waals surface area contributed by atoms with E-state index in [2.05, 4.69) is 9.97 Å². The van der Waals surface area contributed by atoms with Crippen LogP contribution in [-0.2, 0) is 6.54 Å². The van der Waals surface area contributed by atoms with E-state index in [1.807, 2.05) is 61.2 Å². The number of rotatable bonds is 5. The van der Waals surface area contributed by atoms with Crippen molar-refractivity contribution in [1.29, 1.82) is 0 Å². The van der Waals surface area contributed by atoms with E-state index >= 15 is 0 Å². The molecule has 1 N–H and O–H groups in total. The van der Waals surface area contributed by atoms with Gasteiger partial charge in [0.2, 0.25) is 0 Å². The Balaban J connectivity index is 1.30. The van der Waals surface area contributed by atoms with E-state index in [0.29, 0.717) is 30.8 Å². The molecular weight excluding hydrogens is 442 g/mol. The van der Waals surface area contributed by atoms with Crippen molar-refractivity contribution in [3.8, 4) is 0 Å². The highest BCUT2D eigenvalue weighted by Gasteiger charge is 2.29. The van der Waals surface area contributed by atoms with Crippen LogP contribution in [0.1, 0.15) is 62.4 Å². The van der Waals surface area contributed by atoms with Gasteiger partial charge in [0.05, 0.1) is 35.1 Å². The lowest BCUT2D eigenvalue weighted by molar-refractivity contribution is 0.0706. The van der Waals surface area contributed by atoms with E-state index in [0.717, 1.165) is 46.8 Å². The van der Waals surface area contributed by atoms with Crippen molar-refractivity contribution in [2.75, 3.05) is 20.1 Å². The number of aromatic amines is 1. The van der Waals surface area contributed by atoms with Gasteiger partial charge in [-0.25, -0.2) is 4.98 Å². The predicted molar refractivity (Wildman–Crippen MR) is 132 cm³/mol. The summed E-state index contributed by atoms with van der Waals surface area (Å²) >= 11 is 0. The molecule has 4 aromatic rings. The summed E-state index contributed by atoms with van der Waals surface area (Å²) in [6.45, 7) is 5.48. The maximum absolute atomic E-state index is 13.3. The first-order chi connectivity index (χ1) is 16.9. The van der Waals surface area contributed by atoms with Crippen molar-refractivity contribution in [3.05, 3.63) is 82.8 Å². The van der Waals surface area contributed by atoms with E-state index in [1.54, 1.807) is 18.2 Å². The number of furan rings is 1. The first-order valence-corrected chi connectivity index (χ1v) is 11.9. The van der Waals surface area contributed by atoms with E-state index in [1.165, 1.54) is 0 Å². The molecule has 2 amide bonds. The summed E-state index contributed by atoms with van der Waals surface area (Å²) in [6, 6.07) is 13.0. The second-order valence-corrected chi connectivity index (χ2v) is 9.25. The van der Waals surface area contributed by atoms with Crippen LogP contribution in [0.25, 0.3) is 11.0 Å². The van der Waals surface area contributed by atoms with Crippen molar-refractivity contribution >= 4 is 22.8 Å². The molecular formula is C27H29N5O3. The molecule has 180 valence electrons. The number of nitrogens with one attached hydrogen (secondary N) is 1. The Labute approximate surface area is 204 Å². The Morgan fingerprint density at radius 1 is 1.11 bits per heavy atom. The normalized spacial score (nSPS) is 14.4. The largest absolute Gasteiger partial charge is 0.467 e. The summed E-state index contributed by atoms with van der Waals surface area (Å²) in [5.74, 6) is 1.62. The molecule has 0 radical (unpaired) electrons. The number of benzene rings is 1. The molecule has 1 aliphatic rings. The van der Waals surface area contributed by atoms with Gasteiger partial charge in [-0.2, -0.15) is 0 Å². The molecule has 5 rings (SSSR count). The third-order valence-electron chi connectivity index (χ3n) is 6.63. The lowest BCUT2D eigenvalue weighted by Gasteiger charge is -2.33. The minimum absolute atomic E-state index is 0.0179. The molecule has 1 aliphatic heterocycles. The van der Waals surface area contributed by atoms with Crippen LogP contribution in [-0.4, -0.2) is 56.7 Å². The second-order valence-electron chi connectivity index (χ2n) is 9.25. The lowest BCUT2D eigenvalue weighted by atomic mass is 9.89. The Morgan fingerprint density at radius 2 is 1.91 bits per heavy atom. The average molecular weight is 472 g/mol. The number of hydrogen-bond donors (Lipinski definition) is 1. The van der Waals surface area contributed by atoms with Gasteiger partial charge in [0.1, 0.15) is 11.6 Å². The van der Waals surface area contributed by atoms with Gasteiger partial charge in [-0.05, 0) is 69.2 Å². The van der Waals surface area contributed by atoms with Crippen molar-refractivity contribution < 1.29 is 14.0 Å². The van der Waals surface area contributed by atoms with Crippen LogP contribution in [0.3, 0.4) is 0 Å². The fraction of sp³-hybridized carbons (Fsp3) is 0.333. The third kappa shape index (κ3) is 4.69. The second kappa shape index (κ2) is 9.37. The van der Waals surface area contributed by atoms with Crippen LogP contribution < -0.4 is 0 Å². The predicted octanol–water partition coefficient (Wildman–Crippen LogP) is 4.46. The summed E-state index contributed by atoms with van der Waals surface area (Å²) < 4.78 is 5.40. The van der Waals surface area contributed by atoms with Gasteiger partial charge in [-0.3, -0.25) is 14.6 Å². The highest BCUT2D eigenvalue weighted by atomic mass is 16.3. The van der Waals surface area contributed by atoms with E-state index < -0.39 is 0 Å². The molecule has 8 nitrogen and oxygen atoms in total. The molecule has 0 unspecified atom stereocenters. The highest BCUT2D eigenvalue weighted by Crippen LogP contribution is 2.31. The number of aryl methyl sites for hydroxylation is 2. The van der Waals surface area contributed by atoms with Gasteiger partial charge in [-0.15, -0.1) is 0 Å². The number of pyridine rings is 1. The summed E-state index contributed by atoms with van der Waals surface area (Å²) in [5.41, 5.74) is 4.71. The minimum atomic E-state index is -0.0782. The van der Waals surface area contributed by atoms with Gasteiger partial charge in [-0.1, -0.05) is 0 Å². The maximum atomic E-state index is 13.3. The SMILES string of the molecule is Cc1ccc(C(=O)N(C)Cc2ccco2)c(C2CCN(C(=O)c3ccc4nc(C)[nH]c4c3)CC2)n1. The first-order valence-electron chi connectivity index (χ1n) is 11.9. The number of nitrogens with zero attached hydrogens (tertiary/aromatic N) is 4. The molecule has 1 fully saturated rings. The number of carbonyl (C=O) groups is 2. The molecule has 0 spiro atoms. The molecule has 1 aromatic carbocycles. The fourth-order valence-corrected chi connectivity index (χ4v) is 4.79. The van der Waals surface area contributed by atoms with Crippen molar-refractivity contribution in [1.82, 2.24) is 24.8 Å². The number of carbonyl (C=O) groups excluding carboxylic acids is 2. The van der Waals surface area contributed by atoms with E-state index in [9.17, 15) is 9.59 Å². The lowest BCUT2D eigenvalue weighted by Crippen LogP contribution is -2.38. The number of piperidine rings is 1. The summed E-state index contributed by atoms with van der Waals surface area (Å²) in [7, 11) is 1.77. The molecule has 3 aromatic heterocycles. The molecule has 0 bridgehead atoms. The van der Waals surface area contributed by atoms with Crippen molar-refractivity contribution in [3.63, 3.8) is 0 Å². The number of amides is 2. The van der Waals surface area contributed by atoms with Crippen LogP contribution >= 0.6 is 0 Å². The molecule has 8 heteroatoms. The van der Waals surface area contributed by atoms with Gasteiger partial charge >= 0.3 is 0 Å². The highest BCUT2D eigenvalue weighted by molar-refractivity contribution is 5.97. The summed E-state index contributed by atoms with van der Waals surface area (Å²) in [4.78, 5) is 42.4. The van der Waals surface area contributed by atoms with Gasteiger partial charge in [0, 0.05) is 37.3 Å². The molecule has 35 heavy (non-hydrogen) atoms. The average Bonchev–Trinajstić information content (AvgIpc) is 3.51. The molecule has 0 aliphatic carbocycles. The first kappa shape index (κ1) is 22.8. The standard InChI is InChI=1S/C27H29N5O3/c1-17-6-8-22(27(34)31(3)16-21-5-4-14-35-21)25(28-17)19-10-12-32(13-11-19)26(33)20-7-9-23-24(15-20)30-18(2)29-23/h4-9,14-15,19H,10-13,16H2,1-3H3,(H,29,30). The zero-order valence-corrected chi connectivity index (χ0v) is 20.2. The Morgan fingerprint density at radius 3 is 2.66 bits per heavy atom. The Hall–Kier alpha value is -3.94. The van der Waals surface area contributed by atoms with Gasteiger partial charge in [0.25, 0.3) is 11.8 Å². The molecule has 0 saturated carbocycles. The van der Waals surface area contributed by atoms with Crippen LogP contribution in [0.2, 0.25) is 0 Å². The molecule has 0 atom stereocenters. The number of hydrogen-bond acceptors (Lipinski definition) is 5. The Kier molecular flexibility index (Phi) is 6.11. The number of H-pyrrole nitrogens is 1.